The third kappa shape index (κ3) is 2.96. The number of sulfone groups is 1. The molecule has 0 amide bonds. The Morgan fingerprint density at radius 1 is 1.39 bits per heavy atom. The molecule has 1 aliphatic rings. The van der Waals surface area contributed by atoms with Gasteiger partial charge < -0.3 is 10.6 Å². The van der Waals surface area contributed by atoms with Gasteiger partial charge in [0.2, 0.25) is 0 Å². The Bertz CT molecular complexity index is 536. The summed E-state index contributed by atoms with van der Waals surface area (Å²) in [6.07, 6.45) is 3.78. The number of nitrogens with two attached hydrogens (primary N) is 1. The van der Waals surface area contributed by atoms with E-state index in [2.05, 4.69) is 11.8 Å². The monoisotopic (exact) mass is 268 g/mol. The van der Waals surface area contributed by atoms with Gasteiger partial charge in [0.15, 0.2) is 9.84 Å². The van der Waals surface area contributed by atoms with E-state index in [-0.39, 0.29) is 4.90 Å². The molecule has 18 heavy (non-hydrogen) atoms. The summed E-state index contributed by atoms with van der Waals surface area (Å²) in [5, 5.41) is 0. The molecular weight excluding hydrogens is 248 g/mol. The molecule has 0 saturated heterocycles. The van der Waals surface area contributed by atoms with Crippen LogP contribution in [0, 0.1) is 5.92 Å². The van der Waals surface area contributed by atoms with Crippen LogP contribution in [0.5, 0.6) is 0 Å². The smallest absolute Gasteiger partial charge is 0.175 e. The van der Waals surface area contributed by atoms with E-state index in [4.69, 9.17) is 5.73 Å². The van der Waals surface area contributed by atoms with Gasteiger partial charge in [0.25, 0.3) is 0 Å². The van der Waals surface area contributed by atoms with Gasteiger partial charge >= 0.3 is 0 Å². The van der Waals surface area contributed by atoms with Crippen molar-refractivity contribution < 1.29 is 8.42 Å². The molecule has 0 aliphatic heterocycles. The molecule has 0 bridgehead atoms. The minimum atomic E-state index is -3.18. The molecule has 0 aromatic heterocycles. The molecule has 0 spiro atoms. The van der Waals surface area contributed by atoms with Crippen molar-refractivity contribution in [2.75, 3.05) is 30.0 Å². The number of anilines is 2. The molecule has 1 aromatic carbocycles. The van der Waals surface area contributed by atoms with Gasteiger partial charge in [0.1, 0.15) is 0 Å². The van der Waals surface area contributed by atoms with Gasteiger partial charge in [0.05, 0.1) is 16.3 Å². The quantitative estimate of drug-likeness (QED) is 0.829. The zero-order valence-electron chi connectivity index (χ0n) is 10.9. The minimum Gasteiger partial charge on any atom is -0.397 e. The highest BCUT2D eigenvalue weighted by Crippen LogP contribution is 2.33. The van der Waals surface area contributed by atoms with E-state index < -0.39 is 9.84 Å². The van der Waals surface area contributed by atoms with Crippen LogP contribution in [0.15, 0.2) is 23.1 Å². The molecule has 2 N–H and O–H groups in total. The molecule has 1 aliphatic carbocycles. The average Bonchev–Trinajstić information content (AvgIpc) is 3.09. The Kier molecular flexibility index (Phi) is 3.52. The number of hydrogen-bond acceptors (Lipinski definition) is 4. The van der Waals surface area contributed by atoms with Crippen LogP contribution in [-0.2, 0) is 9.84 Å². The van der Waals surface area contributed by atoms with E-state index in [1.54, 1.807) is 12.1 Å². The Balaban J connectivity index is 2.27. The van der Waals surface area contributed by atoms with Crippen molar-refractivity contribution in [2.24, 2.45) is 5.92 Å². The van der Waals surface area contributed by atoms with E-state index >= 15 is 0 Å². The maximum Gasteiger partial charge on any atom is 0.175 e. The molecule has 0 atom stereocenters. The summed E-state index contributed by atoms with van der Waals surface area (Å²) in [5.41, 5.74) is 7.47. The number of nitrogens with zero attached hydrogens (tertiary/aromatic N) is 1. The zero-order valence-corrected chi connectivity index (χ0v) is 11.7. The first-order chi connectivity index (χ1) is 8.41. The fraction of sp³-hybridized carbons (Fsp3) is 0.538. The molecule has 5 heteroatoms. The molecule has 1 saturated carbocycles. The number of benzene rings is 1. The van der Waals surface area contributed by atoms with Crippen LogP contribution in [0.3, 0.4) is 0 Å². The highest BCUT2D eigenvalue weighted by Gasteiger charge is 2.24. The van der Waals surface area contributed by atoms with E-state index in [1.807, 2.05) is 6.07 Å². The fourth-order valence-electron chi connectivity index (χ4n) is 2.06. The summed E-state index contributed by atoms with van der Waals surface area (Å²) in [7, 11) is -3.18. The van der Waals surface area contributed by atoms with Gasteiger partial charge in [-0.15, -0.1) is 0 Å². The molecule has 100 valence electrons. The first kappa shape index (κ1) is 13.2. The maximum atomic E-state index is 11.5. The van der Waals surface area contributed by atoms with Gasteiger partial charge in [-0.1, -0.05) is 0 Å². The van der Waals surface area contributed by atoms with Crippen molar-refractivity contribution in [1.29, 1.82) is 0 Å². The van der Waals surface area contributed by atoms with Crippen molar-refractivity contribution in [3.8, 4) is 0 Å². The zero-order chi connectivity index (χ0) is 13.3. The standard InChI is InChI=1S/C13H20N2O2S/c1-3-15(9-10-4-5-10)13-7-6-11(8-12(13)14)18(2,16)17/h6-8,10H,3-5,9,14H2,1-2H3. The van der Waals surface area contributed by atoms with Crippen molar-refractivity contribution >= 4 is 21.2 Å². The first-order valence-electron chi connectivity index (χ1n) is 6.26. The van der Waals surface area contributed by atoms with Gasteiger partial charge in [-0.3, -0.25) is 0 Å². The molecule has 0 unspecified atom stereocenters. The van der Waals surface area contributed by atoms with Crippen molar-refractivity contribution in [3.05, 3.63) is 18.2 Å². The molecule has 2 rings (SSSR count). The molecule has 1 aromatic rings. The second-order valence-electron chi connectivity index (χ2n) is 4.97. The second-order valence-corrected chi connectivity index (χ2v) is 6.99. The molecular formula is C13H20N2O2S. The molecule has 0 heterocycles. The topological polar surface area (TPSA) is 63.4 Å². The van der Waals surface area contributed by atoms with E-state index in [0.717, 1.165) is 24.7 Å². The van der Waals surface area contributed by atoms with Crippen LogP contribution in [0.25, 0.3) is 0 Å². The third-order valence-corrected chi connectivity index (χ3v) is 4.44. The predicted molar refractivity (Wildman–Crippen MR) is 74.6 cm³/mol. The summed E-state index contributed by atoms with van der Waals surface area (Å²) in [5.74, 6) is 0.777. The Hall–Kier alpha value is -1.23. The van der Waals surface area contributed by atoms with Crippen LogP contribution in [-0.4, -0.2) is 27.8 Å². The average molecular weight is 268 g/mol. The lowest BCUT2D eigenvalue weighted by Crippen LogP contribution is -2.26. The molecule has 1 fully saturated rings. The van der Waals surface area contributed by atoms with Crippen LogP contribution in [0.1, 0.15) is 19.8 Å². The van der Waals surface area contributed by atoms with Crippen molar-refractivity contribution in [2.45, 2.75) is 24.7 Å². The van der Waals surface area contributed by atoms with Gasteiger partial charge in [-0.05, 0) is 43.9 Å². The lowest BCUT2D eigenvalue weighted by molar-refractivity contribution is 0.602. The van der Waals surface area contributed by atoms with Crippen molar-refractivity contribution in [3.63, 3.8) is 0 Å². The van der Waals surface area contributed by atoms with Crippen LogP contribution < -0.4 is 10.6 Å². The third-order valence-electron chi connectivity index (χ3n) is 3.33. The normalized spacial score (nSPS) is 15.7. The lowest BCUT2D eigenvalue weighted by atomic mass is 10.2. The summed E-state index contributed by atoms with van der Waals surface area (Å²) in [6.45, 7) is 3.99. The highest BCUT2D eigenvalue weighted by atomic mass is 32.2. The summed E-state index contributed by atoms with van der Waals surface area (Å²) in [4.78, 5) is 2.50. The Morgan fingerprint density at radius 3 is 2.50 bits per heavy atom. The fourth-order valence-corrected chi connectivity index (χ4v) is 2.72. The predicted octanol–water partition coefficient (Wildman–Crippen LogP) is 1.91. The number of nitrogen functional groups attached to an aromatic ring is 1. The van der Waals surface area contributed by atoms with E-state index in [1.165, 1.54) is 19.1 Å². The van der Waals surface area contributed by atoms with Gasteiger partial charge in [0, 0.05) is 19.3 Å². The Labute approximate surface area is 109 Å². The SMILES string of the molecule is CCN(CC1CC1)c1ccc(S(C)(=O)=O)cc1N. The summed E-state index contributed by atoms with van der Waals surface area (Å²) >= 11 is 0. The van der Waals surface area contributed by atoms with E-state index in [9.17, 15) is 8.42 Å². The highest BCUT2D eigenvalue weighted by molar-refractivity contribution is 7.90. The van der Waals surface area contributed by atoms with E-state index in [0.29, 0.717) is 5.69 Å². The van der Waals surface area contributed by atoms with Crippen LogP contribution in [0.2, 0.25) is 0 Å². The summed E-state index contributed by atoms with van der Waals surface area (Å²) in [6, 6.07) is 5.01. The minimum absolute atomic E-state index is 0.284. The maximum absolute atomic E-state index is 11.5. The van der Waals surface area contributed by atoms with Gasteiger partial charge in [-0.25, -0.2) is 8.42 Å². The first-order valence-corrected chi connectivity index (χ1v) is 8.15. The van der Waals surface area contributed by atoms with Crippen LogP contribution in [0.4, 0.5) is 11.4 Å². The summed E-state index contributed by atoms with van der Waals surface area (Å²) < 4.78 is 22.9. The second kappa shape index (κ2) is 4.80. The molecule has 0 radical (unpaired) electrons. The Morgan fingerprint density at radius 2 is 2.06 bits per heavy atom. The lowest BCUT2D eigenvalue weighted by Gasteiger charge is -2.24. The van der Waals surface area contributed by atoms with Crippen LogP contribution >= 0.6 is 0 Å². The number of rotatable bonds is 5. The molecule has 4 nitrogen and oxygen atoms in total. The largest absolute Gasteiger partial charge is 0.397 e. The van der Waals surface area contributed by atoms with Crippen molar-refractivity contribution in [1.82, 2.24) is 0 Å². The number of hydrogen-bond donors (Lipinski definition) is 1. The van der Waals surface area contributed by atoms with Gasteiger partial charge in [-0.2, -0.15) is 0 Å².